The molecule has 0 bridgehead atoms. The zero-order valence-electron chi connectivity index (χ0n) is 24.2. The molecule has 0 atom stereocenters. The number of tetrazole rings is 2. The number of benzene rings is 2. The molecule has 0 aliphatic heterocycles. The first-order valence-corrected chi connectivity index (χ1v) is 11.4. The van der Waals surface area contributed by atoms with Gasteiger partial charge in [-0.15, -0.1) is 20.4 Å². The van der Waals surface area contributed by atoms with Crippen LogP contribution in [0.3, 0.4) is 0 Å². The summed E-state index contributed by atoms with van der Waals surface area (Å²) in [4.78, 5) is 55.4. The minimum Gasteiger partial charge on any atom is -0.863 e. The van der Waals surface area contributed by atoms with E-state index in [0.717, 1.165) is 9.81 Å². The Morgan fingerprint density at radius 1 is 0.490 bits per heavy atom. The fraction of sp³-hybridized carbons (Fsp3) is 0.125. The van der Waals surface area contributed by atoms with Crippen LogP contribution in [0.4, 0.5) is 34.1 Å². The average Bonchev–Trinajstić information content (AvgIpc) is 3.52. The van der Waals surface area contributed by atoms with Gasteiger partial charge in [-0.2, -0.15) is 0 Å². The molecule has 0 amide bonds. The van der Waals surface area contributed by atoms with Crippen LogP contribution in [-0.4, -0.2) is 90.6 Å². The first-order valence-electron chi connectivity index (χ1n) is 11.4. The normalized spacial score (nSPS) is 9.61. The molecule has 277 valence electrons. The van der Waals surface area contributed by atoms with Gasteiger partial charge in [0.1, 0.15) is 0 Å². The molecule has 2 heterocycles. The zero-order valence-corrected chi connectivity index (χ0v) is 25.2. The van der Waals surface area contributed by atoms with E-state index in [1.165, 1.54) is 0 Å². The van der Waals surface area contributed by atoms with Crippen molar-refractivity contribution in [2.24, 2.45) is 0 Å². The Bertz CT molecular complexity index is 1630. The van der Waals surface area contributed by atoms with Gasteiger partial charge in [0.2, 0.25) is 0 Å². The standard InChI is InChI=1S/2C6H3N3O9.2C2H5N5.Cu/c2*10-4-1(7(13)14)5(11)3(9(17)18)6(12)2(4)8(15)16;2*1-2-4-6-7(3)5-2;/h2*10-12H;2*3H2,1H3;/q;;;;+2/p-2. The molecule has 0 unspecified atom stereocenters. The number of aryl methyl sites for hydroxylation is 2. The Labute approximate surface area is 284 Å². The van der Waals surface area contributed by atoms with E-state index in [0.29, 0.717) is 11.6 Å². The third-order valence-corrected chi connectivity index (χ3v) is 4.81. The molecule has 0 saturated heterocycles. The van der Waals surface area contributed by atoms with Crippen molar-refractivity contribution in [3.05, 3.63) is 72.3 Å². The molecule has 1 radical (unpaired) electrons. The number of nitrogens with zero attached hydrogens (tertiary/aromatic N) is 14. The summed E-state index contributed by atoms with van der Waals surface area (Å²) in [5, 5.41) is 142. The van der Waals surface area contributed by atoms with E-state index >= 15 is 0 Å². The number of aromatic nitrogens is 8. The van der Waals surface area contributed by atoms with Gasteiger partial charge in [0, 0.05) is 0 Å². The number of phenols is 4. The summed E-state index contributed by atoms with van der Waals surface area (Å²) < 4.78 is 0. The van der Waals surface area contributed by atoms with E-state index in [2.05, 4.69) is 30.8 Å². The third-order valence-electron chi connectivity index (χ3n) is 4.81. The van der Waals surface area contributed by atoms with Gasteiger partial charge in [0.05, 0.1) is 41.0 Å². The Kier molecular flexibility index (Phi) is 14.4. The quantitative estimate of drug-likeness (QED) is 0.0497. The predicted octanol–water partition coefficient (Wildman–Crippen LogP) is -2.82. The van der Waals surface area contributed by atoms with E-state index < -0.39 is 98.2 Å². The number of rotatable bonds is 6. The number of aromatic hydroxyl groups is 4. The first kappa shape index (κ1) is 42.9. The Morgan fingerprint density at radius 3 is 0.784 bits per heavy atom. The van der Waals surface area contributed by atoms with Crippen LogP contribution in [0.15, 0.2) is 0 Å². The van der Waals surface area contributed by atoms with Crippen molar-refractivity contribution >= 4 is 34.1 Å². The Morgan fingerprint density at radius 2 is 0.686 bits per heavy atom. The van der Waals surface area contributed by atoms with Crippen LogP contribution in [0.5, 0.6) is 34.5 Å². The smallest absolute Gasteiger partial charge is 0.863 e. The summed E-state index contributed by atoms with van der Waals surface area (Å²) in [6, 6.07) is 0. The van der Waals surface area contributed by atoms with Crippen molar-refractivity contribution in [2.75, 3.05) is 11.7 Å². The Balaban J connectivity index is 0.000000705. The summed E-state index contributed by atoms with van der Waals surface area (Å²) >= 11 is 0. The molecule has 8 N–H and O–H groups in total. The van der Waals surface area contributed by atoms with E-state index in [-0.39, 0.29) is 17.1 Å². The van der Waals surface area contributed by atoms with Gasteiger partial charge in [-0.25, -0.2) is 0 Å². The third kappa shape index (κ3) is 9.94. The minimum atomic E-state index is -1.93. The predicted molar refractivity (Wildman–Crippen MR) is 144 cm³/mol. The van der Waals surface area contributed by atoms with Crippen LogP contribution >= 0.6 is 0 Å². The SMILES string of the molecule is Cc1nnn(N)n1.Cc1nnn(N)n1.O=[N+]([O-])c1c([O-])c([N+](=O)[O-])c(O)c([N+](=O)[O-])c1O.O=[N+]([O-])c1c([O-])c([N+](=O)[O-])c(O)c([N+](=O)[O-])c1O.[Cu+2]. The second-order valence-corrected chi connectivity index (χ2v) is 8.00. The molecule has 2 aromatic carbocycles. The summed E-state index contributed by atoms with van der Waals surface area (Å²) in [7, 11) is 0. The number of phenolic OH excluding ortho intramolecular Hbond substituents is 4. The summed E-state index contributed by atoms with van der Waals surface area (Å²) in [6.45, 7) is 3.44. The maximum atomic E-state index is 11.2. The van der Waals surface area contributed by atoms with Crippen molar-refractivity contribution in [3.63, 3.8) is 0 Å². The average molecular weight is 782 g/mol. The summed E-state index contributed by atoms with van der Waals surface area (Å²) in [5.74, 6) is 0.390. The molecule has 0 aliphatic carbocycles. The second kappa shape index (κ2) is 17.2. The van der Waals surface area contributed by atoms with Gasteiger partial charge in [0.25, 0.3) is 23.0 Å². The molecule has 0 saturated carbocycles. The molecule has 4 rings (SSSR count). The van der Waals surface area contributed by atoms with Gasteiger partial charge >= 0.3 is 51.2 Å². The molecule has 34 nitrogen and oxygen atoms in total. The fourth-order valence-electron chi connectivity index (χ4n) is 2.95. The molecular weight excluding hydrogens is 768 g/mol. The monoisotopic (exact) mass is 781 g/mol. The molecule has 0 aliphatic rings. The number of hydrogen-bond acceptors (Lipinski definition) is 26. The summed E-state index contributed by atoms with van der Waals surface area (Å²) in [5.41, 5.74) is -10.3. The number of nitro groups is 6. The van der Waals surface area contributed by atoms with Gasteiger partial charge in [-0.05, 0) is 24.3 Å². The van der Waals surface area contributed by atoms with Gasteiger partial charge in [-0.3, -0.25) is 60.7 Å². The molecule has 0 fully saturated rings. The molecule has 2 aromatic heterocycles. The first-order chi connectivity index (χ1) is 23.0. The van der Waals surface area contributed by atoms with E-state index in [1.807, 2.05) is 0 Å². The second-order valence-electron chi connectivity index (χ2n) is 8.00. The van der Waals surface area contributed by atoms with Crippen LogP contribution in [0.25, 0.3) is 0 Å². The molecule has 4 aromatic rings. The number of nitrogens with two attached hydrogens (primary N) is 2. The maximum Gasteiger partial charge on any atom is 2.00 e. The molecule has 35 heteroatoms. The van der Waals surface area contributed by atoms with Crippen LogP contribution in [0.2, 0.25) is 0 Å². The van der Waals surface area contributed by atoms with Crippen molar-refractivity contribution < 1.29 is 77.2 Å². The minimum absolute atomic E-state index is 0. The number of nitro benzene ring substituents is 6. The van der Waals surface area contributed by atoms with Gasteiger partial charge in [0.15, 0.2) is 11.6 Å². The zero-order chi connectivity index (χ0) is 38.9. The fourth-order valence-corrected chi connectivity index (χ4v) is 2.95. The number of hydrogen-bond donors (Lipinski definition) is 6. The van der Waals surface area contributed by atoms with E-state index in [9.17, 15) is 70.9 Å². The van der Waals surface area contributed by atoms with Crippen LogP contribution < -0.4 is 21.9 Å². The van der Waals surface area contributed by atoms with Crippen LogP contribution in [-0.2, 0) is 17.1 Å². The topological polar surface area (TPSA) is 525 Å². The van der Waals surface area contributed by atoms with Crippen molar-refractivity contribution in [1.82, 2.24) is 40.6 Å². The van der Waals surface area contributed by atoms with Crippen molar-refractivity contribution in [2.45, 2.75) is 13.8 Å². The van der Waals surface area contributed by atoms with Crippen molar-refractivity contribution in [3.8, 4) is 34.5 Å². The van der Waals surface area contributed by atoms with Crippen LogP contribution in [0, 0.1) is 74.5 Å². The maximum absolute atomic E-state index is 11.2. The van der Waals surface area contributed by atoms with Gasteiger partial charge in [-0.1, -0.05) is 9.81 Å². The van der Waals surface area contributed by atoms with Gasteiger partial charge < -0.3 is 42.3 Å². The Hall–Kier alpha value is -8.10. The van der Waals surface area contributed by atoms with Crippen molar-refractivity contribution in [1.29, 1.82) is 0 Å². The summed E-state index contributed by atoms with van der Waals surface area (Å²) in [6.07, 6.45) is 0. The number of nitrogen functional groups attached to an aromatic ring is 2. The molecule has 51 heavy (non-hydrogen) atoms. The van der Waals surface area contributed by atoms with E-state index in [4.69, 9.17) is 32.1 Å². The van der Waals surface area contributed by atoms with E-state index in [1.54, 1.807) is 13.8 Å². The molecule has 0 spiro atoms. The van der Waals surface area contributed by atoms with Crippen LogP contribution in [0.1, 0.15) is 11.6 Å². The largest absolute Gasteiger partial charge is 2.00 e. The molecular formula is C16H14CuN16O18.